The third-order valence-corrected chi connectivity index (χ3v) is 4.53. The standard InChI is InChI=1S/C18H12FN3O5S/c1-28(25,26)15-4-2-3-11(9-15)5-6-12-7-13(19)10-14(8-12)27-17-16(18(23)24)20-22-21-17/h2-4,7-10H,1H3,(H,23,24)(H,20,21,22). The van der Waals surface area contributed by atoms with Crippen LogP contribution in [0.25, 0.3) is 0 Å². The molecule has 3 rings (SSSR count). The van der Waals surface area contributed by atoms with Crippen molar-refractivity contribution in [1.29, 1.82) is 0 Å². The molecule has 10 heteroatoms. The lowest BCUT2D eigenvalue weighted by Gasteiger charge is -2.04. The van der Waals surface area contributed by atoms with Crippen molar-refractivity contribution in [3.05, 3.63) is 65.1 Å². The van der Waals surface area contributed by atoms with E-state index in [2.05, 4.69) is 27.3 Å². The minimum Gasteiger partial charge on any atom is -0.476 e. The van der Waals surface area contributed by atoms with E-state index in [-0.39, 0.29) is 22.1 Å². The maximum absolute atomic E-state index is 13.9. The van der Waals surface area contributed by atoms with E-state index in [0.29, 0.717) is 5.56 Å². The first kappa shape index (κ1) is 19.1. The Hall–Kier alpha value is -3.71. The van der Waals surface area contributed by atoms with Crippen molar-refractivity contribution in [2.75, 3.05) is 6.26 Å². The van der Waals surface area contributed by atoms with Gasteiger partial charge in [-0.1, -0.05) is 23.1 Å². The molecule has 1 aromatic heterocycles. The summed E-state index contributed by atoms with van der Waals surface area (Å²) < 4.78 is 42.4. The highest BCUT2D eigenvalue weighted by molar-refractivity contribution is 7.90. The van der Waals surface area contributed by atoms with Gasteiger partial charge in [0, 0.05) is 23.4 Å². The van der Waals surface area contributed by atoms with E-state index >= 15 is 0 Å². The predicted octanol–water partition coefficient (Wildman–Crippen LogP) is 2.24. The Kier molecular flexibility index (Phi) is 5.10. The molecule has 2 aromatic carbocycles. The van der Waals surface area contributed by atoms with E-state index in [1.54, 1.807) is 12.1 Å². The van der Waals surface area contributed by atoms with Crippen LogP contribution >= 0.6 is 0 Å². The number of carboxylic acids is 1. The third kappa shape index (κ3) is 4.52. The molecule has 1 heterocycles. The molecule has 0 aliphatic heterocycles. The number of hydrogen-bond donors (Lipinski definition) is 2. The number of hydrogen-bond acceptors (Lipinski definition) is 6. The van der Waals surface area contributed by atoms with E-state index in [0.717, 1.165) is 18.4 Å². The minimum atomic E-state index is -3.37. The second kappa shape index (κ2) is 7.50. The van der Waals surface area contributed by atoms with Crippen LogP contribution in [-0.2, 0) is 9.84 Å². The molecule has 28 heavy (non-hydrogen) atoms. The first-order valence-electron chi connectivity index (χ1n) is 7.67. The zero-order valence-electron chi connectivity index (χ0n) is 14.3. The molecule has 142 valence electrons. The number of carbonyl (C=O) groups is 1. The first-order valence-corrected chi connectivity index (χ1v) is 9.56. The average Bonchev–Trinajstić information content (AvgIpc) is 3.07. The van der Waals surface area contributed by atoms with Gasteiger partial charge in [-0.3, -0.25) is 0 Å². The van der Waals surface area contributed by atoms with Gasteiger partial charge in [0.15, 0.2) is 9.84 Å². The van der Waals surface area contributed by atoms with E-state index in [1.165, 1.54) is 18.2 Å². The van der Waals surface area contributed by atoms with E-state index in [1.807, 2.05) is 0 Å². The number of sulfone groups is 1. The molecular formula is C18H12FN3O5S. The van der Waals surface area contributed by atoms with Crippen molar-refractivity contribution in [2.45, 2.75) is 4.90 Å². The summed E-state index contributed by atoms with van der Waals surface area (Å²) in [4.78, 5) is 11.1. The quantitative estimate of drug-likeness (QED) is 0.643. The molecule has 2 N–H and O–H groups in total. The highest BCUT2D eigenvalue weighted by atomic mass is 32.2. The number of nitrogens with zero attached hydrogens (tertiary/aromatic N) is 2. The number of aromatic nitrogens is 3. The van der Waals surface area contributed by atoms with Crippen molar-refractivity contribution in [3.8, 4) is 23.5 Å². The van der Waals surface area contributed by atoms with E-state index in [4.69, 9.17) is 9.84 Å². The SMILES string of the molecule is CS(=O)(=O)c1cccc(C#Cc2cc(F)cc(Oc3[nH]nnc3C(=O)O)c2)c1. The predicted molar refractivity (Wildman–Crippen MR) is 95.3 cm³/mol. The largest absolute Gasteiger partial charge is 0.476 e. The smallest absolute Gasteiger partial charge is 0.362 e. The van der Waals surface area contributed by atoms with Gasteiger partial charge in [-0.2, -0.15) is 0 Å². The maximum atomic E-state index is 13.9. The van der Waals surface area contributed by atoms with Crippen LogP contribution in [0.2, 0.25) is 0 Å². The van der Waals surface area contributed by atoms with Crippen LogP contribution in [0.15, 0.2) is 47.4 Å². The molecule has 0 aliphatic rings. The zero-order chi connectivity index (χ0) is 20.3. The molecule has 8 nitrogen and oxygen atoms in total. The van der Waals surface area contributed by atoms with Gasteiger partial charge in [-0.25, -0.2) is 22.7 Å². The Labute approximate surface area is 158 Å². The van der Waals surface area contributed by atoms with Crippen LogP contribution < -0.4 is 4.74 Å². The van der Waals surface area contributed by atoms with Crippen molar-refractivity contribution in [3.63, 3.8) is 0 Å². The Morgan fingerprint density at radius 2 is 1.93 bits per heavy atom. The zero-order valence-corrected chi connectivity index (χ0v) is 15.1. The summed E-state index contributed by atoms with van der Waals surface area (Å²) in [6.07, 6.45) is 1.09. The Balaban J connectivity index is 1.90. The number of rotatable bonds is 4. The van der Waals surface area contributed by atoms with Crippen LogP contribution in [-0.4, -0.2) is 41.2 Å². The molecule has 0 amide bonds. The fourth-order valence-corrected chi connectivity index (χ4v) is 2.86. The number of benzene rings is 2. The van der Waals surface area contributed by atoms with Gasteiger partial charge in [0.1, 0.15) is 11.6 Å². The average molecular weight is 401 g/mol. The summed E-state index contributed by atoms with van der Waals surface area (Å²) in [5, 5.41) is 18.0. The summed E-state index contributed by atoms with van der Waals surface area (Å²) in [5.74, 6) is 3.19. The van der Waals surface area contributed by atoms with Crippen LogP contribution in [0, 0.1) is 17.7 Å². The van der Waals surface area contributed by atoms with Crippen molar-refractivity contribution in [1.82, 2.24) is 15.4 Å². The van der Waals surface area contributed by atoms with Crippen LogP contribution in [0.1, 0.15) is 21.6 Å². The number of aromatic amines is 1. The summed E-state index contributed by atoms with van der Waals surface area (Å²) >= 11 is 0. The maximum Gasteiger partial charge on any atom is 0.362 e. The summed E-state index contributed by atoms with van der Waals surface area (Å²) in [6.45, 7) is 0. The lowest BCUT2D eigenvalue weighted by Crippen LogP contribution is -2.00. The topological polar surface area (TPSA) is 122 Å². The fraction of sp³-hybridized carbons (Fsp3) is 0.0556. The molecule has 0 fully saturated rings. The monoisotopic (exact) mass is 401 g/mol. The van der Waals surface area contributed by atoms with Crippen LogP contribution in [0.3, 0.4) is 0 Å². The highest BCUT2D eigenvalue weighted by Gasteiger charge is 2.17. The second-order valence-corrected chi connectivity index (χ2v) is 7.64. The Morgan fingerprint density at radius 1 is 1.18 bits per heavy atom. The van der Waals surface area contributed by atoms with E-state index < -0.39 is 27.3 Å². The lowest BCUT2D eigenvalue weighted by atomic mass is 10.1. The number of aromatic carboxylic acids is 1. The van der Waals surface area contributed by atoms with E-state index in [9.17, 15) is 17.6 Å². The molecular weight excluding hydrogens is 389 g/mol. The molecule has 0 aliphatic carbocycles. The molecule has 0 bridgehead atoms. The van der Waals surface area contributed by atoms with Crippen LogP contribution in [0.5, 0.6) is 11.6 Å². The van der Waals surface area contributed by atoms with Gasteiger partial charge in [0.2, 0.25) is 5.69 Å². The van der Waals surface area contributed by atoms with Gasteiger partial charge in [0.05, 0.1) is 4.90 Å². The third-order valence-electron chi connectivity index (χ3n) is 3.42. The number of nitrogens with one attached hydrogen (secondary N) is 1. The highest BCUT2D eigenvalue weighted by Crippen LogP contribution is 2.23. The molecule has 0 saturated heterocycles. The number of carboxylic acid groups (broad SMARTS) is 1. The number of halogens is 1. The lowest BCUT2D eigenvalue weighted by molar-refractivity contribution is 0.0687. The molecule has 0 spiro atoms. The van der Waals surface area contributed by atoms with Gasteiger partial charge in [0.25, 0.3) is 5.88 Å². The Bertz CT molecular complexity index is 1230. The Morgan fingerprint density at radius 3 is 2.64 bits per heavy atom. The number of H-pyrrole nitrogens is 1. The molecule has 0 atom stereocenters. The molecule has 0 unspecified atom stereocenters. The normalized spacial score (nSPS) is 10.8. The van der Waals surface area contributed by atoms with Gasteiger partial charge >= 0.3 is 5.97 Å². The number of ether oxygens (including phenoxy) is 1. The van der Waals surface area contributed by atoms with Gasteiger partial charge in [-0.05, 0) is 30.3 Å². The minimum absolute atomic E-state index is 0.0114. The fourth-order valence-electron chi connectivity index (χ4n) is 2.19. The van der Waals surface area contributed by atoms with Crippen molar-refractivity contribution >= 4 is 15.8 Å². The first-order chi connectivity index (χ1) is 13.2. The summed E-state index contributed by atoms with van der Waals surface area (Å²) in [5.41, 5.74) is 0.221. The molecule has 0 saturated carbocycles. The second-order valence-electron chi connectivity index (χ2n) is 5.62. The van der Waals surface area contributed by atoms with Crippen molar-refractivity contribution < 1.29 is 27.4 Å². The van der Waals surface area contributed by atoms with Crippen LogP contribution in [0.4, 0.5) is 4.39 Å². The van der Waals surface area contributed by atoms with Gasteiger partial charge in [-0.15, -0.1) is 5.10 Å². The summed E-state index contributed by atoms with van der Waals surface area (Å²) in [6, 6.07) is 9.63. The van der Waals surface area contributed by atoms with Crippen molar-refractivity contribution in [2.24, 2.45) is 0 Å². The van der Waals surface area contributed by atoms with Gasteiger partial charge < -0.3 is 9.84 Å². The summed E-state index contributed by atoms with van der Waals surface area (Å²) in [7, 11) is -3.37. The molecule has 0 radical (unpaired) electrons. The molecule has 3 aromatic rings.